The zero-order valence-electron chi connectivity index (χ0n) is 8.22. The molecule has 0 N–H and O–H groups in total. The molecule has 0 amide bonds. The van der Waals surface area contributed by atoms with Crippen LogP contribution in [0.15, 0.2) is 42.9 Å². The monoisotopic (exact) mass is 246 g/mol. The van der Waals surface area contributed by atoms with E-state index in [9.17, 15) is 0 Å². The lowest BCUT2D eigenvalue weighted by atomic mass is 10.2. The molecule has 3 rings (SSSR count). The number of pyridine rings is 2. The van der Waals surface area contributed by atoms with Crippen LogP contribution in [0.25, 0.3) is 20.7 Å². The molecule has 0 unspecified atom stereocenters. The molecule has 4 heteroatoms. The van der Waals surface area contributed by atoms with E-state index in [2.05, 4.69) is 16.0 Å². The fourth-order valence-corrected chi connectivity index (χ4v) is 2.82. The Balaban J connectivity index is 2.19. The molecule has 0 atom stereocenters. The van der Waals surface area contributed by atoms with E-state index in [4.69, 9.17) is 11.6 Å². The van der Waals surface area contributed by atoms with Gasteiger partial charge in [0, 0.05) is 29.0 Å². The van der Waals surface area contributed by atoms with Gasteiger partial charge in [0.25, 0.3) is 0 Å². The summed E-state index contributed by atoms with van der Waals surface area (Å²) >= 11 is 7.58. The lowest BCUT2D eigenvalue weighted by molar-refractivity contribution is 1.33. The summed E-state index contributed by atoms with van der Waals surface area (Å²) in [4.78, 5) is 9.56. The predicted octanol–water partition coefficient (Wildman–Crippen LogP) is 4.01. The first-order valence-electron chi connectivity index (χ1n) is 4.78. The predicted molar refractivity (Wildman–Crippen MR) is 67.9 cm³/mol. The van der Waals surface area contributed by atoms with Gasteiger partial charge in [0.05, 0.1) is 15.2 Å². The van der Waals surface area contributed by atoms with Gasteiger partial charge in [0.2, 0.25) is 0 Å². The van der Waals surface area contributed by atoms with Gasteiger partial charge in [0.15, 0.2) is 0 Å². The molecule has 0 bridgehead atoms. The summed E-state index contributed by atoms with van der Waals surface area (Å²) in [7, 11) is 0. The third kappa shape index (κ3) is 1.68. The highest BCUT2D eigenvalue weighted by molar-refractivity contribution is 7.22. The summed E-state index contributed by atoms with van der Waals surface area (Å²) in [5, 5.41) is 0.673. The van der Waals surface area contributed by atoms with Crippen molar-refractivity contribution in [1.29, 1.82) is 0 Å². The van der Waals surface area contributed by atoms with Crippen molar-refractivity contribution in [1.82, 2.24) is 9.97 Å². The van der Waals surface area contributed by atoms with Gasteiger partial charge in [-0.25, -0.2) is 0 Å². The van der Waals surface area contributed by atoms with Crippen molar-refractivity contribution < 1.29 is 0 Å². The van der Waals surface area contributed by atoms with E-state index < -0.39 is 0 Å². The molecular formula is C12H7ClN2S. The maximum absolute atomic E-state index is 5.91. The number of thiophene rings is 1. The number of hydrogen-bond acceptors (Lipinski definition) is 3. The quantitative estimate of drug-likeness (QED) is 0.648. The minimum Gasteiger partial charge on any atom is -0.264 e. The van der Waals surface area contributed by atoms with E-state index in [1.807, 2.05) is 24.4 Å². The zero-order chi connectivity index (χ0) is 11.0. The Morgan fingerprint density at radius 2 is 2.12 bits per heavy atom. The van der Waals surface area contributed by atoms with Crippen molar-refractivity contribution in [2.75, 3.05) is 0 Å². The van der Waals surface area contributed by atoms with E-state index in [0.717, 1.165) is 20.7 Å². The van der Waals surface area contributed by atoms with Crippen LogP contribution < -0.4 is 0 Å². The first-order chi connectivity index (χ1) is 7.83. The molecule has 0 saturated heterocycles. The molecule has 3 aromatic heterocycles. The second-order valence-electron chi connectivity index (χ2n) is 3.39. The summed E-state index contributed by atoms with van der Waals surface area (Å²) in [5.41, 5.74) is 2.09. The Morgan fingerprint density at radius 3 is 2.94 bits per heavy atom. The van der Waals surface area contributed by atoms with E-state index in [1.54, 1.807) is 23.7 Å². The molecule has 0 fully saturated rings. The van der Waals surface area contributed by atoms with Crippen molar-refractivity contribution in [3.05, 3.63) is 47.9 Å². The fourth-order valence-electron chi connectivity index (χ4n) is 1.54. The maximum Gasteiger partial charge on any atom is 0.0817 e. The molecule has 0 spiro atoms. The van der Waals surface area contributed by atoms with Crippen molar-refractivity contribution >= 4 is 33.2 Å². The minimum atomic E-state index is 0.673. The molecule has 3 aromatic rings. The fraction of sp³-hybridized carbons (Fsp3) is 0. The molecule has 78 valence electrons. The lowest BCUT2D eigenvalue weighted by Crippen LogP contribution is -1.73. The van der Waals surface area contributed by atoms with E-state index in [-0.39, 0.29) is 0 Å². The standard InChI is InChI=1S/C12H7ClN2S/c13-9-4-12-10(15-7-9)5-11(16-12)8-2-1-3-14-6-8/h1-7H. The van der Waals surface area contributed by atoms with Gasteiger partial charge in [-0.1, -0.05) is 17.7 Å². The van der Waals surface area contributed by atoms with Crippen LogP contribution in [0.4, 0.5) is 0 Å². The van der Waals surface area contributed by atoms with Crippen LogP contribution in [0.5, 0.6) is 0 Å². The number of nitrogens with zero attached hydrogens (tertiary/aromatic N) is 2. The van der Waals surface area contributed by atoms with Crippen molar-refractivity contribution in [3.8, 4) is 10.4 Å². The van der Waals surface area contributed by atoms with Crippen LogP contribution in [-0.2, 0) is 0 Å². The lowest BCUT2D eigenvalue weighted by Gasteiger charge is -1.92. The molecule has 0 aromatic carbocycles. The Hall–Kier alpha value is -1.45. The summed E-state index contributed by atoms with van der Waals surface area (Å²) in [5.74, 6) is 0. The Labute approximate surface area is 102 Å². The molecule has 0 aliphatic carbocycles. The highest BCUT2D eigenvalue weighted by Gasteiger charge is 2.05. The van der Waals surface area contributed by atoms with E-state index in [1.165, 1.54) is 0 Å². The third-order valence-corrected chi connectivity index (χ3v) is 3.61. The number of halogens is 1. The maximum atomic E-state index is 5.91. The minimum absolute atomic E-state index is 0.673. The molecule has 3 heterocycles. The largest absolute Gasteiger partial charge is 0.264 e. The van der Waals surface area contributed by atoms with Gasteiger partial charge < -0.3 is 0 Å². The summed E-state index contributed by atoms with van der Waals surface area (Å²) in [6, 6.07) is 7.97. The highest BCUT2D eigenvalue weighted by atomic mass is 35.5. The molecule has 16 heavy (non-hydrogen) atoms. The Kier molecular flexibility index (Phi) is 2.35. The first-order valence-corrected chi connectivity index (χ1v) is 5.98. The Bertz CT molecular complexity index is 634. The van der Waals surface area contributed by atoms with Gasteiger partial charge in [0.1, 0.15) is 0 Å². The normalized spacial score (nSPS) is 10.8. The second-order valence-corrected chi connectivity index (χ2v) is 4.91. The van der Waals surface area contributed by atoms with E-state index >= 15 is 0 Å². The molecule has 0 aliphatic rings. The number of rotatable bonds is 1. The van der Waals surface area contributed by atoms with Crippen LogP contribution in [0.3, 0.4) is 0 Å². The Morgan fingerprint density at radius 1 is 1.19 bits per heavy atom. The van der Waals surface area contributed by atoms with Gasteiger partial charge in [-0.3, -0.25) is 9.97 Å². The molecule has 0 aliphatic heterocycles. The highest BCUT2D eigenvalue weighted by Crippen LogP contribution is 2.32. The first kappa shape index (κ1) is 9.75. The van der Waals surface area contributed by atoms with Gasteiger partial charge >= 0.3 is 0 Å². The van der Waals surface area contributed by atoms with Crippen molar-refractivity contribution in [2.45, 2.75) is 0 Å². The van der Waals surface area contributed by atoms with Crippen LogP contribution in [0.2, 0.25) is 5.02 Å². The van der Waals surface area contributed by atoms with Gasteiger partial charge in [-0.05, 0) is 18.2 Å². The van der Waals surface area contributed by atoms with Crippen LogP contribution in [-0.4, -0.2) is 9.97 Å². The zero-order valence-corrected chi connectivity index (χ0v) is 9.79. The third-order valence-electron chi connectivity index (χ3n) is 2.28. The average molecular weight is 247 g/mol. The summed E-state index contributed by atoms with van der Waals surface area (Å²) < 4.78 is 1.10. The van der Waals surface area contributed by atoms with Crippen molar-refractivity contribution in [2.24, 2.45) is 0 Å². The SMILES string of the molecule is Clc1cnc2cc(-c3cccnc3)sc2c1. The summed E-state index contributed by atoms with van der Waals surface area (Å²) in [6.07, 6.45) is 5.29. The molecular weight excluding hydrogens is 240 g/mol. The van der Waals surface area contributed by atoms with Crippen LogP contribution >= 0.6 is 22.9 Å². The van der Waals surface area contributed by atoms with Crippen LogP contribution in [0.1, 0.15) is 0 Å². The van der Waals surface area contributed by atoms with Crippen LogP contribution in [0, 0.1) is 0 Å². The van der Waals surface area contributed by atoms with Crippen molar-refractivity contribution in [3.63, 3.8) is 0 Å². The number of fused-ring (bicyclic) bond motifs is 1. The summed E-state index contributed by atoms with van der Waals surface area (Å²) in [6.45, 7) is 0. The number of hydrogen-bond donors (Lipinski definition) is 0. The van der Waals surface area contributed by atoms with E-state index in [0.29, 0.717) is 5.02 Å². The topological polar surface area (TPSA) is 25.8 Å². The average Bonchev–Trinajstić information content (AvgIpc) is 2.73. The number of aromatic nitrogens is 2. The van der Waals surface area contributed by atoms with Gasteiger partial charge in [-0.15, -0.1) is 11.3 Å². The molecule has 2 nitrogen and oxygen atoms in total. The van der Waals surface area contributed by atoms with Gasteiger partial charge in [-0.2, -0.15) is 0 Å². The molecule has 0 saturated carbocycles. The smallest absolute Gasteiger partial charge is 0.0817 e. The molecule has 0 radical (unpaired) electrons. The second kappa shape index (κ2) is 3.85.